The van der Waals surface area contributed by atoms with Gasteiger partial charge >= 0.3 is 0 Å². The van der Waals surface area contributed by atoms with Crippen molar-refractivity contribution >= 4 is 30.4 Å². The van der Waals surface area contributed by atoms with Gasteiger partial charge in [0, 0.05) is 27.3 Å². The van der Waals surface area contributed by atoms with Gasteiger partial charge in [-0.3, -0.25) is 0 Å². The zero-order valence-electron chi connectivity index (χ0n) is 16.2. The van der Waals surface area contributed by atoms with Crippen molar-refractivity contribution < 1.29 is 26.8 Å². The molecule has 3 aromatic rings. The Bertz CT molecular complexity index is 942. The summed E-state index contributed by atoms with van der Waals surface area (Å²) in [5.41, 5.74) is 5.11. The van der Waals surface area contributed by atoms with Crippen molar-refractivity contribution in [3.63, 3.8) is 0 Å². The predicted molar refractivity (Wildman–Crippen MR) is 122 cm³/mol. The van der Waals surface area contributed by atoms with Crippen LogP contribution in [0.5, 0.6) is 0 Å². The van der Waals surface area contributed by atoms with Crippen LogP contribution < -0.4 is 0 Å². The first kappa shape index (κ1) is 25.4. The van der Waals surface area contributed by atoms with E-state index in [0.29, 0.717) is 0 Å². The van der Waals surface area contributed by atoms with Gasteiger partial charge in [-0.25, -0.2) is 0 Å². The van der Waals surface area contributed by atoms with Crippen LogP contribution in [0.15, 0.2) is 103 Å². The zero-order valence-corrected chi connectivity index (χ0v) is 19.4. The Hall–Kier alpha value is -1.61. The van der Waals surface area contributed by atoms with Crippen LogP contribution in [0.25, 0.3) is 5.57 Å². The fraction of sp³-hybridized carbons (Fsp3) is 0.120. The van der Waals surface area contributed by atoms with E-state index in [2.05, 4.69) is 25.1 Å². The molecule has 0 unspecified atom stereocenters. The second-order valence-electron chi connectivity index (χ2n) is 6.81. The van der Waals surface area contributed by atoms with Crippen LogP contribution in [0.4, 0.5) is 0 Å². The van der Waals surface area contributed by atoms with E-state index in [0.717, 1.165) is 28.7 Å². The van der Waals surface area contributed by atoms with Crippen molar-refractivity contribution in [1.82, 2.24) is 0 Å². The number of aliphatic hydroxyl groups is 1. The summed E-state index contributed by atoms with van der Waals surface area (Å²) < 4.78 is 0. The molecule has 4 heteroatoms. The zero-order chi connectivity index (χ0) is 18.0. The summed E-state index contributed by atoms with van der Waals surface area (Å²) in [6.07, 6.45) is 5.36. The first-order valence-corrected chi connectivity index (χ1v) is 9.00. The van der Waals surface area contributed by atoms with E-state index < -0.39 is 5.60 Å². The first-order valence-electron chi connectivity index (χ1n) is 9.00. The largest absolute Gasteiger partial charge is 0.376 e. The molecule has 1 aliphatic carbocycles. The SMILES string of the molecule is CC1=CCC(c2ccccc2C(O)(c2ccccc2)c2ccccc2)=C1.Cl.Cl.[Ti]. The average Bonchev–Trinajstić information content (AvgIpc) is 3.15. The molecule has 0 spiro atoms. The molecular weight excluding hydrogens is 435 g/mol. The van der Waals surface area contributed by atoms with Gasteiger partial charge in [-0.2, -0.15) is 0 Å². The molecule has 1 N–H and O–H groups in total. The quantitative estimate of drug-likeness (QED) is 0.347. The summed E-state index contributed by atoms with van der Waals surface area (Å²) in [6.45, 7) is 2.12. The maximum absolute atomic E-state index is 12.1. The van der Waals surface area contributed by atoms with E-state index in [1.54, 1.807) is 0 Å². The van der Waals surface area contributed by atoms with E-state index in [4.69, 9.17) is 0 Å². The van der Waals surface area contributed by atoms with Crippen LogP contribution in [0, 0.1) is 0 Å². The van der Waals surface area contributed by atoms with Gasteiger partial charge in [0.15, 0.2) is 0 Å². The summed E-state index contributed by atoms with van der Waals surface area (Å²) in [4.78, 5) is 0. The third-order valence-electron chi connectivity index (χ3n) is 5.09. The van der Waals surface area contributed by atoms with Gasteiger partial charge in [0.1, 0.15) is 5.60 Å². The van der Waals surface area contributed by atoms with E-state index >= 15 is 0 Å². The van der Waals surface area contributed by atoms with Gasteiger partial charge in [-0.05, 0) is 35.6 Å². The molecule has 0 heterocycles. The predicted octanol–water partition coefficient (Wildman–Crippen LogP) is 6.55. The Kier molecular flexibility index (Phi) is 9.62. The van der Waals surface area contributed by atoms with Crippen LogP contribution in [0.3, 0.4) is 0 Å². The Morgan fingerprint density at radius 3 is 1.69 bits per heavy atom. The maximum Gasteiger partial charge on any atom is 0.141 e. The minimum Gasteiger partial charge on any atom is -0.376 e. The monoisotopic (exact) mass is 458 g/mol. The first-order chi connectivity index (χ1) is 12.7. The van der Waals surface area contributed by atoms with Gasteiger partial charge in [0.2, 0.25) is 0 Å². The number of allylic oxidation sites excluding steroid dienone is 4. The van der Waals surface area contributed by atoms with Gasteiger partial charge in [0.25, 0.3) is 0 Å². The normalized spacial score (nSPS) is 12.6. The van der Waals surface area contributed by atoms with Gasteiger partial charge in [0.05, 0.1) is 0 Å². The molecule has 0 aromatic heterocycles. The summed E-state index contributed by atoms with van der Waals surface area (Å²) in [6, 6.07) is 28.1. The minimum atomic E-state index is -1.20. The summed E-state index contributed by atoms with van der Waals surface area (Å²) in [7, 11) is 0. The van der Waals surface area contributed by atoms with Crippen molar-refractivity contribution in [1.29, 1.82) is 0 Å². The second kappa shape index (κ2) is 11.0. The van der Waals surface area contributed by atoms with Crippen LogP contribution in [-0.2, 0) is 27.3 Å². The number of benzene rings is 3. The molecule has 3 aromatic carbocycles. The molecule has 0 atom stereocenters. The summed E-state index contributed by atoms with van der Waals surface area (Å²) in [5, 5.41) is 12.1. The Labute approximate surface area is 200 Å². The molecule has 29 heavy (non-hydrogen) atoms. The van der Waals surface area contributed by atoms with Crippen molar-refractivity contribution in [2.75, 3.05) is 0 Å². The third kappa shape index (κ3) is 4.94. The molecule has 0 saturated heterocycles. The number of halogens is 2. The van der Waals surface area contributed by atoms with Crippen molar-refractivity contribution in [2.45, 2.75) is 18.9 Å². The molecule has 1 aliphatic rings. The molecule has 0 bridgehead atoms. The number of hydrogen-bond donors (Lipinski definition) is 1. The summed E-state index contributed by atoms with van der Waals surface area (Å²) >= 11 is 0. The number of rotatable bonds is 4. The fourth-order valence-corrected chi connectivity index (χ4v) is 3.77. The molecule has 148 valence electrons. The maximum atomic E-state index is 12.1. The second-order valence-corrected chi connectivity index (χ2v) is 6.81. The molecule has 4 rings (SSSR count). The van der Waals surface area contributed by atoms with Crippen molar-refractivity contribution in [3.8, 4) is 0 Å². The topological polar surface area (TPSA) is 20.2 Å². The Morgan fingerprint density at radius 1 is 0.724 bits per heavy atom. The van der Waals surface area contributed by atoms with Gasteiger partial charge in [-0.15, -0.1) is 24.8 Å². The van der Waals surface area contributed by atoms with Crippen molar-refractivity contribution in [3.05, 3.63) is 125 Å². The van der Waals surface area contributed by atoms with Crippen molar-refractivity contribution in [2.24, 2.45) is 0 Å². The van der Waals surface area contributed by atoms with E-state index in [1.165, 1.54) is 11.1 Å². The molecule has 1 nitrogen and oxygen atoms in total. The Morgan fingerprint density at radius 2 is 1.21 bits per heavy atom. The third-order valence-corrected chi connectivity index (χ3v) is 5.09. The molecule has 0 saturated carbocycles. The smallest absolute Gasteiger partial charge is 0.141 e. The average molecular weight is 459 g/mol. The summed E-state index contributed by atoms with van der Waals surface area (Å²) in [5.74, 6) is 0. The van der Waals surface area contributed by atoms with E-state index in [-0.39, 0.29) is 46.5 Å². The van der Waals surface area contributed by atoms with Crippen LogP contribution in [0.2, 0.25) is 0 Å². The Balaban J connectivity index is 0.00000140. The van der Waals surface area contributed by atoms with Gasteiger partial charge in [-0.1, -0.05) is 103 Å². The molecule has 0 radical (unpaired) electrons. The number of hydrogen-bond acceptors (Lipinski definition) is 1. The molecule has 0 aliphatic heterocycles. The molecule has 0 fully saturated rings. The van der Waals surface area contributed by atoms with E-state index in [9.17, 15) is 5.11 Å². The molecular formula is C25H24Cl2OTi. The van der Waals surface area contributed by atoms with Crippen LogP contribution in [-0.4, -0.2) is 5.11 Å². The molecule has 0 amide bonds. The van der Waals surface area contributed by atoms with Gasteiger partial charge < -0.3 is 5.11 Å². The van der Waals surface area contributed by atoms with Crippen LogP contribution >= 0.6 is 24.8 Å². The fourth-order valence-electron chi connectivity index (χ4n) is 3.77. The standard InChI is InChI=1S/C25H22O.2ClH.Ti/c1-19-16-17-20(18-19)23-14-8-9-15-24(23)25(26,21-10-4-2-5-11-21)22-12-6-3-7-13-22;;;/h2-16,18,26H,17H2,1H3;2*1H;. The van der Waals surface area contributed by atoms with E-state index in [1.807, 2.05) is 78.9 Å². The minimum absolute atomic E-state index is 0. The van der Waals surface area contributed by atoms with Crippen LogP contribution in [0.1, 0.15) is 35.6 Å².